The highest BCUT2D eigenvalue weighted by atomic mass is 19.1. The second kappa shape index (κ2) is 18.8. The number of carbonyl (C=O) groups is 2. The van der Waals surface area contributed by atoms with Crippen LogP contribution in [0.2, 0.25) is 0 Å². The second-order valence-electron chi connectivity index (χ2n) is 20.5. The first-order chi connectivity index (χ1) is 31.6. The van der Waals surface area contributed by atoms with Crippen LogP contribution >= 0.6 is 0 Å². The van der Waals surface area contributed by atoms with Crippen molar-refractivity contribution in [2.24, 2.45) is 10.8 Å². The maximum absolute atomic E-state index is 14.4. The molecular formula is C52H62F2N4O8. The fraction of sp³-hybridized carbons (Fsp3) is 0.500. The number of hydrogen-bond acceptors (Lipinski definition) is 10. The SMILES string of the molecule is CC1(C)COC(c2cc(C(=O)Nc3ccc(N4[C@@H]5CCC[C@H]4CC5)cc3)cc(F)c2O)OC1.CC1(C)COC(c2cc(C(=O)Nc3ccc(N4[C@@H]5CCC[C@H]4CC5)cc3)cc(F)c2O)OC1. The molecule has 66 heavy (non-hydrogen) atoms. The van der Waals surface area contributed by atoms with Gasteiger partial charge in [-0.05, 0) is 137 Å². The third-order valence-corrected chi connectivity index (χ3v) is 14.0. The molecule has 352 valence electrons. The predicted molar refractivity (Wildman–Crippen MR) is 248 cm³/mol. The van der Waals surface area contributed by atoms with E-state index >= 15 is 0 Å². The lowest BCUT2D eigenvalue weighted by Crippen LogP contribution is -2.39. The molecule has 0 radical (unpaired) electrons. The number of amides is 2. The van der Waals surface area contributed by atoms with E-state index in [1.807, 2.05) is 76.2 Å². The van der Waals surface area contributed by atoms with Crippen molar-refractivity contribution >= 4 is 34.6 Å². The minimum atomic E-state index is -0.917. The number of rotatable bonds is 8. The molecule has 6 aliphatic heterocycles. The molecule has 6 fully saturated rings. The zero-order valence-corrected chi connectivity index (χ0v) is 38.3. The Balaban J connectivity index is 0.000000166. The summed E-state index contributed by atoms with van der Waals surface area (Å²) in [6, 6.07) is 23.1. The first-order valence-electron chi connectivity index (χ1n) is 23.5. The standard InChI is InChI=1S/2C26H31FN2O4/c2*1-26(2)14-32-25(33-15-26)21-12-16(13-22(27)23(21)30)24(31)28-17-6-8-20(9-7-17)29-18-4-3-5-19(29)11-10-18/h2*6-9,12-13,18-19,25,30H,3-5,10-11,14-15H2,1-2H3,(H,28,31)/t2*18-,19+. The van der Waals surface area contributed by atoms with Crippen molar-refractivity contribution in [3.63, 3.8) is 0 Å². The van der Waals surface area contributed by atoms with Crippen molar-refractivity contribution in [2.75, 3.05) is 46.9 Å². The third kappa shape index (κ3) is 9.88. The van der Waals surface area contributed by atoms with Gasteiger partial charge >= 0.3 is 0 Å². The minimum absolute atomic E-state index is 0.0930. The number of ether oxygens (including phenoxy) is 4. The summed E-state index contributed by atoms with van der Waals surface area (Å²) in [6.07, 6.45) is 10.8. The van der Waals surface area contributed by atoms with Crippen molar-refractivity contribution in [1.29, 1.82) is 0 Å². The van der Waals surface area contributed by atoms with Gasteiger partial charge in [0.2, 0.25) is 0 Å². The fourth-order valence-electron chi connectivity index (χ4n) is 10.5. The number of nitrogens with zero attached hydrogens (tertiary/aromatic N) is 2. The molecule has 4 aromatic carbocycles. The molecule has 0 spiro atoms. The Labute approximate surface area is 385 Å². The van der Waals surface area contributed by atoms with Crippen LogP contribution in [-0.2, 0) is 18.9 Å². The van der Waals surface area contributed by atoms with Crippen LogP contribution in [-0.4, -0.2) is 72.6 Å². The molecule has 6 heterocycles. The Kier molecular flexibility index (Phi) is 13.0. The van der Waals surface area contributed by atoms with Crippen LogP contribution in [0.15, 0.2) is 72.8 Å². The Bertz CT molecular complexity index is 2190. The van der Waals surface area contributed by atoms with E-state index in [0.29, 0.717) is 62.0 Å². The molecule has 0 unspecified atom stereocenters. The van der Waals surface area contributed by atoms with Crippen molar-refractivity contribution in [1.82, 2.24) is 0 Å². The lowest BCUT2D eigenvalue weighted by molar-refractivity contribution is -0.226. The van der Waals surface area contributed by atoms with Gasteiger partial charge in [-0.1, -0.05) is 27.7 Å². The molecule has 4 N–H and O–H groups in total. The number of hydrogen-bond donors (Lipinski definition) is 4. The van der Waals surface area contributed by atoms with Crippen LogP contribution in [0.4, 0.5) is 31.5 Å². The maximum atomic E-state index is 14.4. The average Bonchev–Trinajstić information content (AvgIpc) is 3.69. The zero-order valence-electron chi connectivity index (χ0n) is 38.3. The number of phenolic OH excluding ortho intramolecular Hbond substituents is 2. The van der Waals surface area contributed by atoms with Gasteiger partial charge in [0, 0.05) is 68.9 Å². The first-order valence-corrected chi connectivity index (χ1v) is 23.5. The normalized spacial score (nSPS) is 24.6. The average molecular weight is 909 g/mol. The smallest absolute Gasteiger partial charge is 0.255 e. The Hall–Kier alpha value is -5.28. The summed E-state index contributed by atoms with van der Waals surface area (Å²) in [5, 5.41) is 26.1. The molecule has 4 atom stereocenters. The van der Waals surface area contributed by atoms with Crippen LogP contribution in [0.25, 0.3) is 0 Å². The van der Waals surface area contributed by atoms with E-state index in [1.165, 1.54) is 87.7 Å². The molecule has 4 bridgehead atoms. The number of benzene rings is 4. The Morgan fingerprint density at radius 3 is 1.17 bits per heavy atom. The van der Waals surface area contributed by atoms with Crippen molar-refractivity contribution in [3.8, 4) is 11.5 Å². The summed E-state index contributed by atoms with van der Waals surface area (Å²) in [7, 11) is 0. The molecule has 2 amide bonds. The lowest BCUT2D eigenvalue weighted by Gasteiger charge is -2.36. The molecule has 12 nitrogen and oxygen atoms in total. The molecule has 6 aliphatic rings. The van der Waals surface area contributed by atoms with Gasteiger partial charge in [0.1, 0.15) is 0 Å². The maximum Gasteiger partial charge on any atom is 0.255 e. The van der Waals surface area contributed by atoms with E-state index in [0.717, 1.165) is 12.1 Å². The monoisotopic (exact) mass is 908 g/mol. The van der Waals surface area contributed by atoms with Gasteiger partial charge in [0.15, 0.2) is 35.7 Å². The summed E-state index contributed by atoms with van der Waals surface area (Å²) in [5.74, 6) is -3.81. The highest BCUT2D eigenvalue weighted by Gasteiger charge is 2.38. The van der Waals surface area contributed by atoms with Gasteiger partial charge in [-0.2, -0.15) is 0 Å². The van der Waals surface area contributed by atoms with E-state index in [9.17, 15) is 28.6 Å². The number of nitrogens with one attached hydrogen (secondary N) is 2. The molecular weight excluding hydrogens is 847 g/mol. The highest BCUT2D eigenvalue weighted by molar-refractivity contribution is 6.05. The van der Waals surface area contributed by atoms with Crippen LogP contribution in [0.3, 0.4) is 0 Å². The van der Waals surface area contributed by atoms with Gasteiger partial charge in [0.25, 0.3) is 11.8 Å². The quantitative estimate of drug-likeness (QED) is 0.135. The topological polar surface area (TPSA) is 142 Å². The van der Waals surface area contributed by atoms with Crippen molar-refractivity contribution < 1.29 is 47.5 Å². The van der Waals surface area contributed by atoms with Gasteiger partial charge in [-0.3, -0.25) is 9.59 Å². The largest absolute Gasteiger partial charge is 0.504 e. The summed E-state index contributed by atoms with van der Waals surface area (Å²) in [5.41, 5.74) is 3.73. The van der Waals surface area contributed by atoms with Gasteiger partial charge in [-0.15, -0.1) is 0 Å². The van der Waals surface area contributed by atoms with Gasteiger partial charge in [0.05, 0.1) is 37.6 Å². The zero-order chi connectivity index (χ0) is 46.3. The van der Waals surface area contributed by atoms with Crippen LogP contribution in [0, 0.1) is 22.5 Å². The van der Waals surface area contributed by atoms with Crippen molar-refractivity contribution in [3.05, 3.63) is 107 Å². The second-order valence-corrected chi connectivity index (χ2v) is 20.5. The van der Waals surface area contributed by atoms with E-state index in [2.05, 4.69) is 20.4 Å². The number of piperidine rings is 2. The molecule has 0 aromatic heterocycles. The molecule has 6 saturated heterocycles. The summed E-state index contributed by atoms with van der Waals surface area (Å²) < 4.78 is 51.6. The van der Waals surface area contributed by atoms with Crippen molar-refractivity contribution in [2.45, 2.75) is 129 Å². The number of phenols is 2. The Morgan fingerprint density at radius 1 is 0.530 bits per heavy atom. The number of fused-ring (bicyclic) bond motifs is 4. The minimum Gasteiger partial charge on any atom is -0.504 e. The van der Waals surface area contributed by atoms with Crippen LogP contribution in [0.1, 0.15) is 136 Å². The third-order valence-electron chi connectivity index (χ3n) is 14.0. The van der Waals surface area contributed by atoms with E-state index in [1.54, 1.807) is 0 Å². The van der Waals surface area contributed by atoms with Crippen LogP contribution in [0.5, 0.6) is 11.5 Å². The first kappa shape index (κ1) is 45.9. The molecule has 10 rings (SSSR count). The Morgan fingerprint density at radius 2 is 0.848 bits per heavy atom. The lowest BCUT2D eigenvalue weighted by atomic mass is 9.95. The summed E-state index contributed by atoms with van der Waals surface area (Å²) >= 11 is 0. The fourth-order valence-corrected chi connectivity index (χ4v) is 10.5. The molecule has 0 saturated carbocycles. The molecule has 14 heteroatoms. The van der Waals surface area contributed by atoms with Gasteiger partial charge in [-0.25, -0.2) is 8.78 Å². The number of anilines is 4. The van der Waals surface area contributed by atoms with Crippen LogP contribution < -0.4 is 20.4 Å². The summed E-state index contributed by atoms with van der Waals surface area (Å²) in [6.45, 7) is 9.59. The van der Waals surface area contributed by atoms with E-state index in [-0.39, 0.29) is 33.1 Å². The highest BCUT2D eigenvalue weighted by Crippen LogP contribution is 2.42. The van der Waals surface area contributed by atoms with E-state index < -0.39 is 47.5 Å². The number of halogens is 2. The predicted octanol–water partition coefficient (Wildman–Crippen LogP) is 10.8. The summed E-state index contributed by atoms with van der Waals surface area (Å²) in [4.78, 5) is 30.8. The molecule has 0 aliphatic carbocycles. The van der Waals surface area contributed by atoms with E-state index in [4.69, 9.17) is 18.9 Å². The number of carbonyl (C=O) groups excluding carboxylic acids is 2. The van der Waals surface area contributed by atoms with Gasteiger partial charge < -0.3 is 49.6 Å². The number of aromatic hydroxyl groups is 2. The molecule has 4 aromatic rings.